The van der Waals surface area contributed by atoms with Crippen molar-refractivity contribution in [3.05, 3.63) is 35.6 Å². The lowest BCUT2D eigenvalue weighted by atomic mass is 9.93. The van der Waals surface area contributed by atoms with Gasteiger partial charge in [-0.3, -0.25) is 4.79 Å². The van der Waals surface area contributed by atoms with Crippen LogP contribution in [0.2, 0.25) is 0 Å². The zero-order chi connectivity index (χ0) is 10.9. The van der Waals surface area contributed by atoms with Gasteiger partial charge in [0.25, 0.3) is 0 Å². The summed E-state index contributed by atoms with van der Waals surface area (Å²) in [6.07, 6.45) is 3.85. The second-order valence-corrected chi connectivity index (χ2v) is 4.46. The summed E-state index contributed by atoms with van der Waals surface area (Å²) in [7, 11) is 0. The third-order valence-corrected chi connectivity index (χ3v) is 3.41. The summed E-state index contributed by atoms with van der Waals surface area (Å²) in [6, 6.07) is 6.54. The molecule has 0 radical (unpaired) electrons. The van der Waals surface area contributed by atoms with E-state index in [9.17, 15) is 9.18 Å². The Balaban J connectivity index is 1.94. The number of benzene rings is 1. The van der Waals surface area contributed by atoms with Crippen LogP contribution in [0.1, 0.15) is 31.7 Å². The molecule has 1 fully saturated rings. The summed E-state index contributed by atoms with van der Waals surface area (Å²) in [4.78, 5) is 11.3. The number of carbonyl (C=O) groups excluding carboxylic acids is 1. The lowest BCUT2D eigenvalue weighted by Gasteiger charge is -2.10. The zero-order valence-electron chi connectivity index (χ0n) is 8.92. The summed E-state index contributed by atoms with van der Waals surface area (Å²) in [6.45, 7) is 1.68. The average Bonchev–Trinajstić information content (AvgIpc) is 2.98. The van der Waals surface area contributed by atoms with E-state index in [1.165, 1.54) is 12.1 Å². The molecule has 80 valence electrons. The lowest BCUT2D eigenvalue weighted by molar-refractivity contribution is -0.122. The van der Waals surface area contributed by atoms with Crippen molar-refractivity contribution < 1.29 is 9.18 Å². The van der Waals surface area contributed by atoms with E-state index < -0.39 is 0 Å². The van der Waals surface area contributed by atoms with E-state index in [-0.39, 0.29) is 11.2 Å². The van der Waals surface area contributed by atoms with Gasteiger partial charge in [0.05, 0.1) is 0 Å². The van der Waals surface area contributed by atoms with Gasteiger partial charge in [0.15, 0.2) is 0 Å². The van der Waals surface area contributed by atoms with Gasteiger partial charge >= 0.3 is 0 Å². The number of hydrogen-bond acceptors (Lipinski definition) is 1. The van der Waals surface area contributed by atoms with Crippen LogP contribution < -0.4 is 0 Å². The van der Waals surface area contributed by atoms with Crippen molar-refractivity contribution in [3.8, 4) is 0 Å². The molecule has 0 spiro atoms. The van der Waals surface area contributed by atoms with Crippen molar-refractivity contribution >= 4 is 5.78 Å². The quantitative estimate of drug-likeness (QED) is 0.739. The maximum Gasteiger partial charge on any atom is 0.135 e. The van der Waals surface area contributed by atoms with E-state index in [2.05, 4.69) is 0 Å². The molecular weight excluding hydrogens is 191 g/mol. The van der Waals surface area contributed by atoms with Gasteiger partial charge in [-0.05, 0) is 50.3 Å². The molecule has 0 aliphatic heterocycles. The molecule has 0 bridgehead atoms. The molecule has 1 saturated carbocycles. The number of aryl methyl sites for hydroxylation is 1. The van der Waals surface area contributed by atoms with Gasteiger partial charge in [-0.1, -0.05) is 12.1 Å². The van der Waals surface area contributed by atoms with Crippen LogP contribution in [0.3, 0.4) is 0 Å². The van der Waals surface area contributed by atoms with Crippen molar-refractivity contribution in [1.29, 1.82) is 0 Å². The Morgan fingerprint density at radius 1 is 1.33 bits per heavy atom. The number of Topliss-reactive ketones (excluding diaryl/α,β-unsaturated/α-hetero) is 1. The van der Waals surface area contributed by atoms with E-state index in [0.29, 0.717) is 5.78 Å². The van der Waals surface area contributed by atoms with Crippen LogP contribution >= 0.6 is 0 Å². The molecule has 0 amide bonds. The predicted octanol–water partition coefficient (Wildman–Crippen LogP) is 3.13. The number of halogens is 1. The van der Waals surface area contributed by atoms with Gasteiger partial charge in [-0.25, -0.2) is 4.39 Å². The van der Waals surface area contributed by atoms with E-state index in [0.717, 1.165) is 31.2 Å². The highest BCUT2D eigenvalue weighted by molar-refractivity contribution is 5.84. The molecule has 1 aliphatic carbocycles. The van der Waals surface area contributed by atoms with Gasteiger partial charge in [0.1, 0.15) is 11.6 Å². The monoisotopic (exact) mass is 206 g/mol. The van der Waals surface area contributed by atoms with Crippen LogP contribution in [0.5, 0.6) is 0 Å². The van der Waals surface area contributed by atoms with Crippen LogP contribution in [-0.4, -0.2) is 5.78 Å². The molecule has 1 aromatic rings. The summed E-state index contributed by atoms with van der Waals surface area (Å²) in [5, 5.41) is 0. The fraction of sp³-hybridized carbons (Fsp3) is 0.462. The van der Waals surface area contributed by atoms with Crippen LogP contribution in [0.4, 0.5) is 4.39 Å². The summed E-state index contributed by atoms with van der Waals surface area (Å²) < 4.78 is 12.6. The Morgan fingerprint density at radius 3 is 2.40 bits per heavy atom. The first kappa shape index (κ1) is 10.3. The predicted molar refractivity (Wildman–Crippen MR) is 57.1 cm³/mol. The van der Waals surface area contributed by atoms with Crippen LogP contribution in [-0.2, 0) is 11.2 Å². The van der Waals surface area contributed by atoms with Gasteiger partial charge in [0.2, 0.25) is 0 Å². The Kier molecular flexibility index (Phi) is 2.59. The number of ketones is 1. The highest BCUT2D eigenvalue weighted by Gasteiger charge is 2.46. The van der Waals surface area contributed by atoms with Crippen molar-refractivity contribution in [1.82, 2.24) is 0 Å². The maximum atomic E-state index is 12.6. The fourth-order valence-corrected chi connectivity index (χ4v) is 1.96. The minimum absolute atomic E-state index is 0.0333. The Hall–Kier alpha value is -1.18. The molecule has 2 rings (SSSR count). The molecule has 0 atom stereocenters. The van der Waals surface area contributed by atoms with Gasteiger partial charge in [-0.2, -0.15) is 0 Å². The van der Waals surface area contributed by atoms with Crippen molar-refractivity contribution in [2.45, 2.75) is 32.6 Å². The molecule has 1 aliphatic rings. The largest absolute Gasteiger partial charge is 0.299 e. The minimum atomic E-state index is -0.202. The Morgan fingerprint density at radius 2 is 1.93 bits per heavy atom. The highest BCUT2D eigenvalue weighted by atomic mass is 19.1. The van der Waals surface area contributed by atoms with E-state index in [1.807, 2.05) is 0 Å². The topological polar surface area (TPSA) is 17.1 Å². The minimum Gasteiger partial charge on any atom is -0.299 e. The summed E-state index contributed by atoms with van der Waals surface area (Å²) >= 11 is 0. The first-order valence-corrected chi connectivity index (χ1v) is 5.38. The van der Waals surface area contributed by atoms with Gasteiger partial charge < -0.3 is 0 Å². The summed E-state index contributed by atoms with van der Waals surface area (Å²) in [5.74, 6) is 0.107. The fourth-order valence-electron chi connectivity index (χ4n) is 1.96. The third-order valence-electron chi connectivity index (χ3n) is 3.41. The number of rotatable bonds is 4. The first-order valence-electron chi connectivity index (χ1n) is 5.38. The van der Waals surface area contributed by atoms with Crippen LogP contribution in [0.25, 0.3) is 0 Å². The Bertz CT molecular complexity index is 363. The number of hydrogen-bond donors (Lipinski definition) is 0. The second kappa shape index (κ2) is 3.76. The molecule has 2 heteroatoms. The van der Waals surface area contributed by atoms with Gasteiger partial charge in [-0.15, -0.1) is 0 Å². The lowest BCUT2D eigenvalue weighted by Crippen LogP contribution is -2.12. The van der Waals surface area contributed by atoms with E-state index in [4.69, 9.17) is 0 Å². The highest BCUT2D eigenvalue weighted by Crippen LogP contribution is 2.50. The zero-order valence-corrected chi connectivity index (χ0v) is 8.92. The number of carbonyl (C=O) groups is 1. The molecule has 1 nitrogen and oxygen atoms in total. The Labute approximate surface area is 89.3 Å². The molecular formula is C13H15FO. The van der Waals surface area contributed by atoms with E-state index >= 15 is 0 Å². The molecule has 0 heterocycles. The van der Waals surface area contributed by atoms with Crippen molar-refractivity contribution in [2.75, 3.05) is 0 Å². The average molecular weight is 206 g/mol. The molecule has 0 saturated heterocycles. The molecule has 15 heavy (non-hydrogen) atoms. The first-order chi connectivity index (χ1) is 7.12. The van der Waals surface area contributed by atoms with Crippen LogP contribution in [0, 0.1) is 11.2 Å². The molecule has 0 aromatic heterocycles. The third kappa shape index (κ3) is 2.25. The molecule has 1 aromatic carbocycles. The van der Waals surface area contributed by atoms with Crippen molar-refractivity contribution in [3.63, 3.8) is 0 Å². The molecule has 0 unspecified atom stereocenters. The molecule has 0 N–H and O–H groups in total. The van der Waals surface area contributed by atoms with Crippen LogP contribution in [0.15, 0.2) is 24.3 Å². The van der Waals surface area contributed by atoms with Gasteiger partial charge in [0, 0.05) is 5.41 Å². The smallest absolute Gasteiger partial charge is 0.135 e. The maximum absolute atomic E-state index is 12.6. The van der Waals surface area contributed by atoms with E-state index in [1.54, 1.807) is 19.1 Å². The van der Waals surface area contributed by atoms with Crippen molar-refractivity contribution in [2.24, 2.45) is 5.41 Å². The SMILES string of the molecule is CC(=O)C1(CCc2ccc(F)cc2)CC1. The normalized spacial score (nSPS) is 17.5. The summed E-state index contributed by atoms with van der Waals surface area (Å²) in [5.41, 5.74) is 1.08. The standard InChI is InChI=1S/C13H15FO/c1-10(15)13(8-9-13)7-6-11-2-4-12(14)5-3-11/h2-5H,6-9H2,1H3. The second-order valence-electron chi connectivity index (χ2n) is 4.46.